The smallest absolute Gasteiger partial charge is 0.271 e. The number of aromatic hydroxyl groups is 1. The summed E-state index contributed by atoms with van der Waals surface area (Å²) in [4.78, 5) is 25.2. The van der Waals surface area contributed by atoms with Crippen molar-refractivity contribution in [2.75, 3.05) is 14.1 Å². The van der Waals surface area contributed by atoms with Crippen LogP contribution in [0.2, 0.25) is 0 Å². The number of carbonyl (C=O) groups excluding carboxylic acids is 1. The Kier molecular flexibility index (Phi) is 4.98. The molecule has 0 bridgehead atoms. The number of pyridine rings is 1. The van der Waals surface area contributed by atoms with E-state index in [4.69, 9.17) is 5.26 Å². The molecule has 8 nitrogen and oxygen atoms in total. The van der Waals surface area contributed by atoms with Crippen molar-refractivity contribution in [2.24, 2.45) is 17.3 Å². The molecular formula is C17H17N5O3. The summed E-state index contributed by atoms with van der Waals surface area (Å²) in [5, 5.41) is 27.2. The fourth-order valence-electron chi connectivity index (χ4n) is 2.16. The first-order valence-corrected chi connectivity index (χ1v) is 7.34. The van der Waals surface area contributed by atoms with Gasteiger partial charge in [-0.05, 0) is 31.2 Å². The molecule has 0 radical (unpaired) electrons. The summed E-state index contributed by atoms with van der Waals surface area (Å²) in [7, 11) is 4.67. The second-order valence-corrected chi connectivity index (χ2v) is 5.59. The number of aromatic nitrogens is 1. The Morgan fingerprint density at radius 1 is 1.24 bits per heavy atom. The van der Waals surface area contributed by atoms with Crippen LogP contribution in [-0.2, 0) is 7.05 Å². The third-order valence-corrected chi connectivity index (χ3v) is 3.68. The first-order chi connectivity index (χ1) is 11.8. The number of rotatable bonds is 3. The van der Waals surface area contributed by atoms with E-state index in [0.717, 1.165) is 4.57 Å². The molecule has 0 saturated carbocycles. The Labute approximate surface area is 144 Å². The van der Waals surface area contributed by atoms with E-state index in [9.17, 15) is 14.7 Å². The maximum Gasteiger partial charge on any atom is 0.271 e. The average Bonchev–Trinajstić information content (AvgIpc) is 2.60. The molecule has 0 spiro atoms. The first-order valence-electron chi connectivity index (χ1n) is 7.34. The van der Waals surface area contributed by atoms with E-state index in [2.05, 4.69) is 10.2 Å². The van der Waals surface area contributed by atoms with Gasteiger partial charge in [0.25, 0.3) is 11.5 Å². The number of hydrogen-bond acceptors (Lipinski definition) is 6. The van der Waals surface area contributed by atoms with Crippen molar-refractivity contribution in [1.29, 1.82) is 5.26 Å². The summed E-state index contributed by atoms with van der Waals surface area (Å²) in [6.45, 7) is 1.52. The van der Waals surface area contributed by atoms with Crippen LogP contribution in [0.4, 0.5) is 11.4 Å². The average molecular weight is 339 g/mol. The number of carbonyl (C=O) groups is 1. The van der Waals surface area contributed by atoms with Crippen molar-refractivity contribution in [3.63, 3.8) is 0 Å². The van der Waals surface area contributed by atoms with E-state index in [1.54, 1.807) is 38.4 Å². The molecule has 0 fully saturated rings. The molecule has 2 aromatic rings. The number of amides is 1. The van der Waals surface area contributed by atoms with Crippen molar-refractivity contribution in [3.8, 4) is 11.9 Å². The molecule has 0 aliphatic carbocycles. The van der Waals surface area contributed by atoms with E-state index in [0.29, 0.717) is 11.3 Å². The van der Waals surface area contributed by atoms with Crippen LogP contribution < -0.4 is 5.56 Å². The molecule has 0 unspecified atom stereocenters. The van der Waals surface area contributed by atoms with Gasteiger partial charge in [-0.25, -0.2) is 0 Å². The van der Waals surface area contributed by atoms with Gasteiger partial charge in [0.2, 0.25) is 5.88 Å². The van der Waals surface area contributed by atoms with Crippen LogP contribution in [0.15, 0.2) is 39.3 Å². The van der Waals surface area contributed by atoms with Crippen molar-refractivity contribution < 1.29 is 9.90 Å². The largest absolute Gasteiger partial charge is 0.493 e. The second kappa shape index (κ2) is 6.97. The number of hydrogen-bond donors (Lipinski definition) is 1. The number of azo groups is 1. The molecular weight excluding hydrogens is 322 g/mol. The van der Waals surface area contributed by atoms with Crippen LogP contribution in [0.25, 0.3) is 0 Å². The summed E-state index contributed by atoms with van der Waals surface area (Å²) >= 11 is 0. The van der Waals surface area contributed by atoms with Crippen LogP contribution in [0, 0.1) is 18.3 Å². The van der Waals surface area contributed by atoms with Crippen LogP contribution in [0.5, 0.6) is 5.88 Å². The van der Waals surface area contributed by atoms with Gasteiger partial charge in [0.05, 0.1) is 5.69 Å². The van der Waals surface area contributed by atoms with E-state index < -0.39 is 5.56 Å². The molecule has 1 N–H and O–H groups in total. The molecule has 1 aromatic heterocycles. The molecule has 0 aliphatic rings. The van der Waals surface area contributed by atoms with Crippen LogP contribution in [-0.4, -0.2) is 34.6 Å². The van der Waals surface area contributed by atoms with Crippen molar-refractivity contribution in [3.05, 3.63) is 51.3 Å². The second-order valence-electron chi connectivity index (χ2n) is 5.59. The molecule has 0 saturated heterocycles. The normalized spacial score (nSPS) is 10.7. The Morgan fingerprint density at radius 2 is 1.84 bits per heavy atom. The Bertz CT molecular complexity index is 950. The highest BCUT2D eigenvalue weighted by atomic mass is 16.3. The molecule has 2 rings (SSSR count). The quantitative estimate of drug-likeness (QED) is 0.865. The topological polar surface area (TPSA) is 111 Å². The van der Waals surface area contributed by atoms with Gasteiger partial charge in [-0.3, -0.25) is 14.2 Å². The van der Waals surface area contributed by atoms with E-state index in [1.165, 1.54) is 18.9 Å². The number of nitriles is 1. The predicted octanol–water partition coefficient (Wildman–Crippen LogP) is 2.39. The third kappa shape index (κ3) is 3.40. The fraction of sp³-hybridized carbons (Fsp3) is 0.235. The van der Waals surface area contributed by atoms with E-state index >= 15 is 0 Å². The first kappa shape index (κ1) is 17.9. The van der Waals surface area contributed by atoms with Crippen LogP contribution >= 0.6 is 0 Å². The van der Waals surface area contributed by atoms with Gasteiger partial charge in [-0.15, -0.1) is 5.11 Å². The molecule has 0 aliphatic heterocycles. The standard InChI is InChI=1S/C17H17N5O3/c1-10-13(9-18)16(24)22(4)17(25)14(10)20-19-12-7-5-11(6-8-12)15(23)21(2)3/h5-8,25H,1-4H3/b20-19+. The maximum atomic E-state index is 11.9. The van der Waals surface area contributed by atoms with Gasteiger partial charge in [-0.2, -0.15) is 10.4 Å². The van der Waals surface area contributed by atoms with E-state index in [-0.39, 0.29) is 28.6 Å². The van der Waals surface area contributed by atoms with Crippen molar-refractivity contribution in [2.45, 2.75) is 6.92 Å². The zero-order chi connectivity index (χ0) is 18.7. The fourth-order valence-corrected chi connectivity index (χ4v) is 2.16. The lowest BCUT2D eigenvalue weighted by Gasteiger charge is -2.10. The van der Waals surface area contributed by atoms with Crippen molar-refractivity contribution >= 4 is 17.3 Å². The van der Waals surface area contributed by atoms with Gasteiger partial charge < -0.3 is 10.0 Å². The maximum absolute atomic E-state index is 11.9. The summed E-state index contributed by atoms with van der Waals surface area (Å²) in [6, 6.07) is 8.27. The molecule has 1 amide bonds. The summed E-state index contributed by atoms with van der Waals surface area (Å²) in [5.74, 6) is -0.502. The highest BCUT2D eigenvalue weighted by molar-refractivity contribution is 5.94. The van der Waals surface area contributed by atoms with Gasteiger partial charge in [0.15, 0.2) is 5.69 Å². The number of benzene rings is 1. The Hall–Kier alpha value is -3.47. The van der Waals surface area contributed by atoms with Gasteiger partial charge in [0, 0.05) is 32.3 Å². The SMILES string of the molecule is Cc1c(/N=N/c2ccc(C(=O)N(C)C)cc2)c(O)n(C)c(=O)c1C#N. The molecule has 1 heterocycles. The lowest BCUT2D eigenvalue weighted by molar-refractivity contribution is 0.0827. The minimum absolute atomic E-state index is 0.0482. The molecule has 8 heteroatoms. The lowest BCUT2D eigenvalue weighted by Crippen LogP contribution is -2.21. The molecule has 1 aromatic carbocycles. The minimum Gasteiger partial charge on any atom is -0.493 e. The van der Waals surface area contributed by atoms with Gasteiger partial charge in [0.1, 0.15) is 11.6 Å². The number of nitrogens with zero attached hydrogens (tertiary/aromatic N) is 5. The minimum atomic E-state index is -0.594. The zero-order valence-corrected chi connectivity index (χ0v) is 14.3. The monoisotopic (exact) mass is 339 g/mol. The Balaban J connectivity index is 2.41. The van der Waals surface area contributed by atoms with Gasteiger partial charge in [-0.1, -0.05) is 0 Å². The highest BCUT2D eigenvalue weighted by Gasteiger charge is 2.17. The molecule has 25 heavy (non-hydrogen) atoms. The summed E-state index contributed by atoms with van der Waals surface area (Å²) in [6.07, 6.45) is 0. The summed E-state index contributed by atoms with van der Waals surface area (Å²) in [5.41, 5.74) is 0.584. The lowest BCUT2D eigenvalue weighted by atomic mass is 10.1. The van der Waals surface area contributed by atoms with Crippen LogP contribution in [0.1, 0.15) is 21.5 Å². The predicted molar refractivity (Wildman–Crippen MR) is 91.4 cm³/mol. The summed E-state index contributed by atoms with van der Waals surface area (Å²) < 4.78 is 0.943. The molecule has 0 atom stereocenters. The Morgan fingerprint density at radius 3 is 2.36 bits per heavy atom. The third-order valence-electron chi connectivity index (χ3n) is 3.68. The van der Waals surface area contributed by atoms with Crippen LogP contribution in [0.3, 0.4) is 0 Å². The van der Waals surface area contributed by atoms with Gasteiger partial charge >= 0.3 is 0 Å². The van der Waals surface area contributed by atoms with E-state index in [1.807, 2.05) is 6.07 Å². The molecule has 128 valence electrons. The zero-order valence-electron chi connectivity index (χ0n) is 14.3. The van der Waals surface area contributed by atoms with Crippen molar-refractivity contribution in [1.82, 2.24) is 9.47 Å². The highest BCUT2D eigenvalue weighted by Crippen LogP contribution is 2.31.